The molecule has 2 heterocycles. The molecule has 9 heteroatoms. The first-order valence-corrected chi connectivity index (χ1v) is 15.5. The number of aromatic nitrogens is 2. The van der Waals surface area contributed by atoms with Crippen LogP contribution < -0.4 is 11.5 Å². The van der Waals surface area contributed by atoms with Crippen LogP contribution in [0.5, 0.6) is 0 Å². The highest BCUT2D eigenvalue weighted by atomic mass is 35.5. The average Bonchev–Trinajstić information content (AvgIpc) is 3.36. The molecule has 1 unspecified atom stereocenters. The lowest BCUT2D eigenvalue weighted by atomic mass is 9.97. The minimum Gasteiger partial charge on any atom is -0.369 e. The number of nitrogens with one attached hydrogen (secondary N) is 1. The molecule has 0 bridgehead atoms. The number of amides is 2. The normalized spacial score (nSPS) is 17.8. The summed E-state index contributed by atoms with van der Waals surface area (Å²) in [5.41, 5.74) is 16.3. The van der Waals surface area contributed by atoms with E-state index in [0.717, 1.165) is 59.0 Å². The van der Waals surface area contributed by atoms with Gasteiger partial charge in [0.25, 0.3) is 0 Å². The molecule has 3 atom stereocenters. The van der Waals surface area contributed by atoms with Crippen LogP contribution in [-0.4, -0.2) is 56.8 Å². The maximum Gasteiger partial charge on any atom is 0.227 e. The predicted molar refractivity (Wildman–Crippen MR) is 173 cm³/mol. The molecule has 1 saturated heterocycles. The van der Waals surface area contributed by atoms with Gasteiger partial charge in [-0.05, 0) is 66.6 Å². The standard InChI is InChI=1S/C34H41ClN6O2/c1-3-30-31(39-34(37)38-30)10-6-9-28-21-40(32(42)18-23-11-12-24-7-4-5-8-26(24)17-23)22(2)20-41(28)33(43)19-29(36)25-13-15-27(35)16-14-25/h4-5,7-8,11-17,22,28-29H,3,6,9-10,18-21,36H2,1-2H3,(H3,37,38,39)/t22-,28+,29?/m1/s1. The summed E-state index contributed by atoms with van der Waals surface area (Å²) in [6.07, 6.45) is 3.66. The molecule has 0 aliphatic carbocycles. The van der Waals surface area contributed by atoms with E-state index in [1.165, 1.54) is 0 Å². The van der Waals surface area contributed by atoms with Crippen LogP contribution in [0, 0.1) is 0 Å². The van der Waals surface area contributed by atoms with Gasteiger partial charge >= 0.3 is 0 Å². The number of piperazine rings is 1. The van der Waals surface area contributed by atoms with E-state index < -0.39 is 6.04 Å². The van der Waals surface area contributed by atoms with Crippen molar-refractivity contribution >= 4 is 40.1 Å². The number of halogens is 1. The number of anilines is 1. The van der Waals surface area contributed by atoms with Gasteiger partial charge in [0.2, 0.25) is 11.8 Å². The van der Waals surface area contributed by atoms with Crippen molar-refractivity contribution in [3.63, 3.8) is 0 Å². The number of nitrogen functional groups attached to an aromatic ring is 1. The van der Waals surface area contributed by atoms with Crippen molar-refractivity contribution < 1.29 is 9.59 Å². The Morgan fingerprint density at radius 3 is 2.51 bits per heavy atom. The lowest BCUT2D eigenvalue weighted by molar-refractivity contribution is -0.146. The van der Waals surface area contributed by atoms with Crippen molar-refractivity contribution in [3.05, 3.63) is 94.3 Å². The van der Waals surface area contributed by atoms with Gasteiger partial charge in [0.05, 0.1) is 12.1 Å². The topological polar surface area (TPSA) is 121 Å². The first kappa shape index (κ1) is 30.6. The van der Waals surface area contributed by atoms with Gasteiger partial charge in [-0.2, -0.15) is 0 Å². The van der Waals surface area contributed by atoms with Gasteiger partial charge in [-0.15, -0.1) is 0 Å². The Kier molecular flexibility index (Phi) is 9.68. The second-order valence-corrected chi connectivity index (χ2v) is 12.0. The zero-order valence-corrected chi connectivity index (χ0v) is 25.7. The smallest absolute Gasteiger partial charge is 0.227 e. The van der Waals surface area contributed by atoms with E-state index >= 15 is 0 Å². The molecule has 3 aromatic carbocycles. The molecule has 43 heavy (non-hydrogen) atoms. The third-order valence-corrected chi connectivity index (χ3v) is 8.78. The summed E-state index contributed by atoms with van der Waals surface area (Å²) in [7, 11) is 0. The van der Waals surface area contributed by atoms with Crippen LogP contribution in [0.15, 0.2) is 66.7 Å². The summed E-state index contributed by atoms with van der Waals surface area (Å²) < 4.78 is 0. The SMILES string of the molecule is CCc1nc(N)[nH]c1CCC[C@H]1CN(C(=O)Cc2ccc3ccccc3c2)[C@H](C)CN1C(=O)CC(N)c1ccc(Cl)cc1. The molecule has 1 aliphatic heterocycles. The number of aryl methyl sites for hydroxylation is 2. The fourth-order valence-corrected chi connectivity index (χ4v) is 6.30. The molecule has 226 valence electrons. The Morgan fingerprint density at radius 2 is 1.77 bits per heavy atom. The van der Waals surface area contributed by atoms with Gasteiger partial charge in [-0.1, -0.05) is 73.1 Å². The molecule has 5 N–H and O–H groups in total. The van der Waals surface area contributed by atoms with E-state index in [9.17, 15) is 9.59 Å². The van der Waals surface area contributed by atoms with Gasteiger partial charge in [-0.25, -0.2) is 4.98 Å². The Hall–Kier alpha value is -3.88. The number of hydrogen-bond donors (Lipinski definition) is 3. The monoisotopic (exact) mass is 600 g/mol. The first-order chi connectivity index (χ1) is 20.7. The molecule has 2 amide bonds. The Morgan fingerprint density at radius 1 is 1.02 bits per heavy atom. The van der Waals surface area contributed by atoms with E-state index in [1.54, 1.807) is 12.1 Å². The molecule has 4 aromatic rings. The summed E-state index contributed by atoms with van der Waals surface area (Å²) in [5.74, 6) is 0.505. The van der Waals surface area contributed by atoms with Crippen molar-refractivity contribution in [1.82, 2.24) is 19.8 Å². The number of carbonyl (C=O) groups is 2. The number of carbonyl (C=O) groups excluding carboxylic acids is 2. The maximum atomic E-state index is 13.7. The van der Waals surface area contributed by atoms with Gasteiger partial charge in [0, 0.05) is 48.4 Å². The molecule has 1 fully saturated rings. The van der Waals surface area contributed by atoms with E-state index in [4.69, 9.17) is 23.1 Å². The summed E-state index contributed by atoms with van der Waals surface area (Å²) in [6.45, 7) is 5.04. The number of H-pyrrole nitrogens is 1. The third kappa shape index (κ3) is 7.37. The molecule has 5 rings (SSSR count). The highest BCUT2D eigenvalue weighted by Crippen LogP contribution is 2.26. The predicted octanol–water partition coefficient (Wildman–Crippen LogP) is 5.44. The van der Waals surface area contributed by atoms with Crippen LogP contribution in [0.2, 0.25) is 5.02 Å². The Balaban J connectivity index is 1.30. The summed E-state index contributed by atoms with van der Waals surface area (Å²) in [4.78, 5) is 38.9. The average molecular weight is 601 g/mol. The number of aromatic amines is 1. The van der Waals surface area contributed by atoms with E-state index in [0.29, 0.717) is 30.5 Å². The van der Waals surface area contributed by atoms with Crippen molar-refractivity contribution in [2.24, 2.45) is 5.73 Å². The number of benzene rings is 3. The van der Waals surface area contributed by atoms with Gasteiger partial charge < -0.3 is 26.3 Å². The lowest BCUT2D eigenvalue weighted by Crippen LogP contribution is -2.60. The number of nitrogens with two attached hydrogens (primary N) is 2. The fourth-order valence-electron chi connectivity index (χ4n) is 6.18. The van der Waals surface area contributed by atoms with E-state index in [2.05, 4.69) is 41.2 Å². The second-order valence-electron chi connectivity index (χ2n) is 11.6. The third-order valence-electron chi connectivity index (χ3n) is 8.53. The van der Waals surface area contributed by atoms with Gasteiger partial charge in [0.15, 0.2) is 5.95 Å². The number of fused-ring (bicyclic) bond motifs is 1. The quantitative estimate of drug-likeness (QED) is 0.224. The van der Waals surface area contributed by atoms with E-state index in [1.807, 2.05) is 47.1 Å². The van der Waals surface area contributed by atoms with Crippen LogP contribution in [0.25, 0.3) is 10.8 Å². The molecule has 0 spiro atoms. The molecular weight excluding hydrogens is 560 g/mol. The van der Waals surface area contributed by atoms with Crippen molar-refractivity contribution in [2.75, 3.05) is 18.8 Å². The van der Waals surface area contributed by atoms with Crippen molar-refractivity contribution in [3.8, 4) is 0 Å². The Labute approximate surface area is 258 Å². The second kappa shape index (κ2) is 13.6. The molecule has 1 aliphatic rings. The number of hydrogen-bond acceptors (Lipinski definition) is 5. The van der Waals surface area contributed by atoms with Gasteiger partial charge in [0.1, 0.15) is 0 Å². The zero-order chi connectivity index (χ0) is 30.5. The Bertz CT molecular complexity index is 1570. The zero-order valence-electron chi connectivity index (χ0n) is 24.9. The first-order valence-electron chi connectivity index (χ1n) is 15.1. The largest absolute Gasteiger partial charge is 0.369 e. The fraction of sp³-hybridized carbons (Fsp3) is 0.382. The van der Waals surface area contributed by atoms with Crippen molar-refractivity contribution in [2.45, 2.75) is 70.5 Å². The number of imidazole rings is 1. The molecule has 8 nitrogen and oxygen atoms in total. The summed E-state index contributed by atoms with van der Waals surface area (Å²) in [5, 5.41) is 2.91. The van der Waals surface area contributed by atoms with Crippen molar-refractivity contribution in [1.29, 1.82) is 0 Å². The van der Waals surface area contributed by atoms with Crippen LogP contribution in [0.3, 0.4) is 0 Å². The lowest BCUT2D eigenvalue weighted by Gasteiger charge is -2.46. The maximum absolute atomic E-state index is 13.7. The molecule has 0 radical (unpaired) electrons. The van der Waals surface area contributed by atoms with Crippen LogP contribution in [0.4, 0.5) is 5.95 Å². The number of nitrogens with zero attached hydrogens (tertiary/aromatic N) is 3. The van der Waals surface area contributed by atoms with Crippen LogP contribution >= 0.6 is 11.6 Å². The van der Waals surface area contributed by atoms with Crippen LogP contribution in [-0.2, 0) is 28.9 Å². The number of rotatable bonds is 10. The van der Waals surface area contributed by atoms with Crippen LogP contribution in [0.1, 0.15) is 61.7 Å². The minimum absolute atomic E-state index is 0.000889. The molecular formula is C34H41ClN6O2. The van der Waals surface area contributed by atoms with E-state index in [-0.39, 0.29) is 30.3 Å². The summed E-state index contributed by atoms with van der Waals surface area (Å²) >= 11 is 6.05. The molecule has 1 aromatic heterocycles. The highest BCUT2D eigenvalue weighted by Gasteiger charge is 2.36. The minimum atomic E-state index is -0.437. The highest BCUT2D eigenvalue weighted by molar-refractivity contribution is 6.30. The molecule has 0 saturated carbocycles. The van der Waals surface area contributed by atoms with Gasteiger partial charge in [-0.3, -0.25) is 9.59 Å². The summed E-state index contributed by atoms with van der Waals surface area (Å²) in [6, 6.07) is 21.0.